The van der Waals surface area contributed by atoms with Gasteiger partial charge in [0.25, 0.3) is 0 Å². The van der Waals surface area contributed by atoms with Gasteiger partial charge in [0.05, 0.1) is 12.2 Å². The van der Waals surface area contributed by atoms with E-state index in [0.717, 1.165) is 65.6 Å². The summed E-state index contributed by atoms with van der Waals surface area (Å²) in [5.41, 5.74) is 7.06. The van der Waals surface area contributed by atoms with E-state index < -0.39 is 0 Å². The lowest BCUT2D eigenvalue weighted by Gasteiger charge is -2.12. The lowest BCUT2D eigenvalue weighted by molar-refractivity contribution is 0.101. The monoisotopic (exact) mass is 534 g/mol. The van der Waals surface area contributed by atoms with Crippen LogP contribution in [0.15, 0.2) is 77.7 Å². The second-order valence-corrected chi connectivity index (χ2v) is 10.0. The summed E-state index contributed by atoms with van der Waals surface area (Å²) in [6, 6.07) is 21.9. The number of nitrogens with one attached hydrogen (secondary N) is 1. The minimum atomic E-state index is -0.124. The molecule has 2 heterocycles. The molecule has 0 fully saturated rings. The Morgan fingerprint density at radius 3 is 2.38 bits per heavy atom. The first-order valence-electron chi connectivity index (χ1n) is 13.9. The van der Waals surface area contributed by atoms with Crippen molar-refractivity contribution < 1.29 is 4.79 Å². The molecule has 0 aliphatic heterocycles. The van der Waals surface area contributed by atoms with Crippen molar-refractivity contribution in [3.63, 3.8) is 0 Å². The first-order chi connectivity index (χ1) is 19.5. The van der Waals surface area contributed by atoms with E-state index in [1.165, 1.54) is 0 Å². The molecular formula is C32H34N6O2. The van der Waals surface area contributed by atoms with Gasteiger partial charge in [-0.1, -0.05) is 87.4 Å². The molecule has 3 aromatic carbocycles. The maximum absolute atomic E-state index is 13.9. The Balaban J connectivity index is 1.52. The number of rotatable bonds is 11. The second kappa shape index (κ2) is 12.1. The maximum Gasteiger partial charge on any atom is 0.333 e. The highest BCUT2D eigenvalue weighted by Gasteiger charge is 2.19. The summed E-state index contributed by atoms with van der Waals surface area (Å²) in [5.74, 6) is 0.496. The van der Waals surface area contributed by atoms with E-state index in [9.17, 15) is 9.59 Å². The zero-order valence-electron chi connectivity index (χ0n) is 23.2. The Hall–Kier alpha value is -4.59. The zero-order valence-corrected chi connectivity index (χ0v) is 23.2. The van der Waals surface area contributed by atoms with Gasteiger partial charge in [-0.15, -0.1) is 10.2 Å². The number of hydrogen-bond acceptors (Lipinski definition) is 5. The van der Waals surface area contributed by atoms with Gasteiger partial charge in [0, 0.05) is 23.0 Å². The van der Waals surface area contributed by atoms with E-state index in [2.05, 4.69) is 51.8 Å². The third-order valence-corrected chi connectivity index (χ3v) is 7.34. The largest absolute Gasteiger partial charge is 0.333 e. The Morgan fingerprint density at radius 1 is 0.925 bits per heavy atom. The van der Waals surface area contributed by atoms with E-state index in [1.54, 1.807) is 11.5 Å². The van der Waals surface area contributed by atoms with Gasteiger partial charge in [-0.3, -0.25) is 13.9 Å². The van der Waals surface area contributed by atoms with Crippen molar-refractivity contribution in [2.75, 3.05) is 0 Å². The van der Waals surface area contributed by atoms with Crippen molar-refractivity contribution >= 4 is 5.78 Å². The highest BCUT2D eigenvalue weighted by Crippen LogP contribution is 2.30. The smallest absolute Gasteiger partial charge is 0.294 e. The van der Waals surface area contributed by atoms with Gasteiger partial charge < -0.3 is 0 Å². The van der Waals surface area contributed by atoms with Crippen LogP contribution in [0.1, 0.15) is 67.2 Å². The average Bonchev–Trinajstić information content (AvgIpc) is 3.62. The van der Waals surface area contributed by atoms with Gasteiger partial charge >= 0.3 is 5.69 Å². The molecule has 40 heavy (non-hydrogen) atoms. The summed E-state index contributed by atoms with van der Waals surface area (Å²) < 4.78 is 3.54. The van der Waals surface area contributed by atoms with Crippen LogP contribution >= 0.6 is 0 Å². The molecule has 0 amide bonds. The number of Topliss-reactive ketones (excluding diaryl/α,β-unsaturated/α-hetero) is 1. The number of unbranched alkanes of at least 4 members (excludes halogenated alkanes) is 2. The van der Waals surface area contributed by atoms with E-state index in [0.29, 0.717) is 23.6 Å². The molecule has 0 saturated heterocycles. The summed E-state index contributed by atoms with van der Waals surface area (Å²) >= 11 is 0. The van der Waals surface area contributed by atoms with E-state index >= 15 is 0 Å². The van der Waals surface area contributed by atoms with Crippen LogP contribution in [0.25, 0.3) is 28.2 Å². The molecule has 1 N–H and O–H groups in total. The first kappa shape index (κ1) is 27.0. The van der Waals surface area contributed by atoms with Gasteiger partial charge in [0.2, 0.25) is 5.82 Å². The van der Waals surface area contributed by atoms with Crippen molar-refractivity contribution in [1.82, 2.24) is 29.8 Å². The number of H-pyrrole nitrogens is 1. The van der Waals surface area contributed by atoms with Crippen molar-refractivity contribution in [2.45, 2.75) is 59.4 Å². The van der Waals surface area contributed by atoms with Gasteiger partial charge in [-0.05, 0) is 59.7 Å². The number of imidazole rings is 1. The Labute approximate surface area is 233 Å². The molecule has 8 nitrogen and oxygen atoms in total. The van der Waals surface area contributed by atoms with E-state index in [4.69, 9.17) is 0 Å². The molecule has 0 bridgehead atoms. The number of aromatic nitrogens is 6. The van der Waals surface area contributed by atoms with Crippen LogP contribution in [-0.4, -0.2) is 35.5 Å². The number of carbonyl (C=O) groups is 1. The Bertz CT molecular complexity index is 1660. The summed E-state index contributed by atoms with van der Waals surface area (Å²) in [6.07, 6.45) is 6.67. The zero-order chi connectivity index (χ0) is 28.1. The number of benzene rings is 3. The molecule has 0 unspecified atom stereocenters. The number of aromatic amines is 1. The SMILES string of the molecule is CCCCCc1cn(-c2c(CC)cccc2C(C)=O)c(=O)n1Cc1ccc(-c2ccccc2-c2nn[nH]n2)cc1. The molecule has 0 aliphatic rings. The number of tetrazole rings is 1. The van der Waals surface area contributed by atoms with Crippen LogP contribution in [-0.2, 0) is 19.4 Å². The molecule has 2 aromatic heterocycles. The summed E-state index contributed by atoms with van der Waals surface area (Å²) in [6.45, 7) is 6.23. The molecule has 204 valence electrons. The molecule has 0 radical (unpaired) electrons. The summed E-state index contributed by atoms with van der Waals surface area (Å²) in [5, 5.41) is 14.5. The normalized spacial score (nSPS) is 11.2. The molecule has 0 spiro atoms. The summed E-state index contributed by atoms with van der Waals surface area (Å²) in [7, 11) is 0. The lowest BCUT2D eigenvalue weighted by atomic mass is 9.98. The minimum Gasteiger partial charge on any atom is -0.294 e. The Kier molecular flexibility index (Phi) is 8.15. The molecular weight excluding hydrogens is 500 g/mol. The molecule has 5 aromatic rings. The fraction of sp³-hybridized carbons (Fsp3) is 0.281. The topological polar surface area (TPSA) is 98.5 Å². The van der Waals surface area contributed by atoms with Crippen molar-refractivity contribution in [2.24, 2.45) is 0 Å². The molecule has 0 atom stereocenters. The first-order valence-corrected chi connectivity index (χ1v) is 13.9. The number of carbonyl (C=O) groups excluding carboxylic acids is 1. The lowest BCUT2D eigenvalue weighted by Crippen LogP contribution is -2.26. The number of nitrogens with zero attached hydrogens (tertiary/aromatic N) is 5. The standard InChI is InChI=1S/C32H34N6O2/c1-4-6-7-12-26-21-38(30-24(5-2)11-10-15-27(30)22(3)39)32(40)37(26)20-23-16-18-25(19-17-23)28-13-8-9-14-29(28)31-33-35-36-34-31/h8-11,13-19,21H,4-7,12,20H2,1-3H3,(H,33,34,35,36). The van der Waals surface area contributed by atoms with E-state index in [-0.39, 0.29) is 11.5 Å². The number of hydrogen-bond donors (Lipinski definition) is 1. The molecule has 0 saturated carbocycles. The maximum atomic E-state index is 13.9. The van der Waals surface area contributed by atoms with Gasteiger partial charge in [-0.2, -0.15) is 5.21 Å². The third kappa shape index (κ3) is 5.43. The van der Waals surface area contributed by atoms with E-state index in [1.807, 2.05) is 60.2 Å². The summed E-state index contributed by atoms with van der Waals surface area (Å²) in [4.78, 5) is 26.5. The predicted octanol–water partition coefficient (Wildman–Crippen LogP) is 6.03. The number of ketones is 1. The van der Waals surface area contributed by atoms with Crippen LogP contribution in [0, 0.1) is 0 Å². The highest BCUT2D eigenvalue weighted by atomic mass is 16.2. The van der Waals surface area contributed by atoms with Gasteiger partial charge in [0.1, 0.15) is 0 Å². The number of aryl methyl sites for hydroxylation is 2. The fourth-order valence-corrected chi connectivity index (χ4v) is 5.24. The third-order valence-electron chi connectivity index (χ3n) is 7.34. The van der Waals surface area contributed by atoms with Crippen LogP contribution in [0.2, 0.25) is 0 Å². The van der Waals surface area contributed by atoms with Gasteiger partial charge in [-0.25, -0.2) is 4.79 Å². The predicted molar refractivity (Wildman–Crippen MR) is 157 cm³/mol. The number of para-hydroxylation sites is 1. The highest BCUT2D eigenvalue weighted by molar-refractivity contribution is 5.98. The van der Waals surface area contributed by atoms with Crippen molar-refractivity contribution in [3.8, 4) is 28.2 Å². The minimum absolute atomic E-state index is 0.0471. The molecule has 5 rings (SSSR count). The Morgan fingerprint density at radius 2 is 1.70 bits per heavy atom. The molecule has 8 heteroatoms. The van der Waals surface area contributed by atoms with Crippen LogP contribution in [0.4, 0.5) is 0 Å². The van der Waals surface area contributed by atoms with Crippen LogP contribution in [0.3, 0.4) is 0 Å². The quantitative estimate of drug-likeness (QED) is 0.165. The average molecular weight is 535 g/mol. The second-order valence-electron chi connectivity index (χ2n) is 10.0. The van der Waals surface area contributed by atoms with Crippen molar-refractivity contribution in [1.29, 1.82) is 0 Å². The fourth-order valence-electron chi connectivity index (χ4n) is 5.24. The van der Waals surface area contributed by atoms with Crippen molar-refractivity contribution in [3.05, 3.63) is 106 Å². The van der Waals surface area contributed by atoms with Crippen LogP contribution < -0.4 is 5.69 Å². The van der Waals surface area contributed by atoms with Gasteiger partial charge in [0.15, 0.2) is 5.78 Å². The molecule has 0 aliphatic carbocycles. The van der Waals surface area contributed by atoms with Crippen LogP contribution in [0.5, 0.6) is 0 Å².